The van der Waals surface area contributed by atoms with Crippen LogP contribution in [0.25, 0.3) is 0 Å². The second-order valence-electron chi connectivity index (χ2n) is 2.95. The van der Waals surface area contributed by atoms with Gasteiger partial charge in [0.25, 0.3) is 5.91 Å². The molecule has 16 heavy (non-hydrogen) atoms. The summed E-state index contributed by atoms with van der Waals surface area (Å²) in [6, 6.07) is 5.24. The molecule has 0 aliphatic carbocycles. The Morgan fingerprint density at radius 2 is 2.31 bits per heavy atom. The summed E-state index contributed by atoms with van der Waals surface area (Å²) in [6.45, 7) is 0. The van der Waals surface area contributed by atoms with E-state index in [1.165, 1.54) is 17.5 Å². The average molecular weight is 318 g/mol. The number of rotatable bonds is 2. The zero-order valence-electron chi connectivity index (χ0n) is 7.91. The third kappa shape index (κ3) is 2.61. The topological polar surface area (TPSA) is 42.0 Å². The van der Waals surface area contributed by atoms with Gasteiger partial charge in [-0.05, 0) is 34.1 Å². The number of carbonyl (C=O) groups excluding carboxylic acids is 1. The summed E-state index contributed by atoms with van der Waals surface area (Å²) in [5.74, 6) is -0.180. The summed E-state index contributed by atoms with van der Waals surface area (Å²) in [6.07, 6.45) is 1.53. The highest BCUT2D eigenvalue weighted by atomic mass is 79.9. The maximum atomic E-state index is 11.7. The standard InChI is InChI=1S/C10H6BrClN2OS/c11-7-2-1-6(3-8(7)12)14-10(15)9-4-13-5-16-9/h1-5H,(H,14,15). The molecule has 0 saturated carbocycles. The van der Waals surface area contributed by atoms with E-state index < -0.39 is 0 Å². The lowest BCUT2D eigenvalue weighted by molar-refractivity contribution is 0.103. The van der Waals surface area contributed by atoms with Crippen LogP contribution < -0.4 is 5.32 Å². The third-order valence-electron chi connectivity index (χ3n) is 1.83. The number of nitrogens with one attached hydrogen (secondary N) is 1. The highest BCUT2D eigenvalue weighted by Gasteiger charge is 2.08. The zero-order chi connectivity index (χ0) is 11.5. The van der Waals surface area contributed by atoms with E-state index in [1.807, 2.05) is 0 Å². The first kappa shape index (κ1) is 11.6. The number of nitrogens with zero attached hydrogens (tertiary/aromatic N) is 1. The van der Waals surface area contributed by atoms with E-state index in [1.54, 1.807) is 23.7 Å². The molecule has 0 bridgehead atoms. The number of anilines is 1. The van der Waals surface area contributed by atoms with Crippen molar-refractivity contribution >= 4 is 50.5 Å². The summed E-state index contributed by atoms with van der Waals surface area (Å²) in [5.41, 5.74) is 2.27. The van der Waals surface area contributed by atoms with Crippen molar-refractivity contribution in [3.8, 4) is 0 Å². The zero-order valence-corrected chi connectivity index (χ0v) is 11.1. The molecular formula is C10H6BrClN2OS. The molecule has 0 spiro atoms. The molecule has 0 atom stereocenters. The fourth-order valence-corrected chi connectivity index (χ4v) is 2.04. The van der Waals surface area contributed by atoms with Gasteiger partial charge in [0.2, 0.25) is 0 Å². The number of carbonyl (C=O) groups is 1. The van der Waals surface area contributed by atoms with Crippen LogP contribution in [0.3, 0.4) is 0 Å². The normalized spacial score (nSPS) is 10.1. The van der Waals surface area contributed by atoms with Crippen LogP contribution in [0.4, 0.5) is 5.69 Å². The number of benzene rings is 1. The fraction of sp³-hybridized carbons (Fsp3) is 0. The van der Waals surface area contributed by atoms with Crippen LogP contribution in [0.2, 0.25) is 5.02 Å². The van der Waals surface area contributed by atoms with Crippen molar-refractivity contribution in [2.24, 2.45) is 0 Å². The summed E-state index contributed by atoms with van der Waals surface area (Å²) >= 11 is 10.5. The van der Waals surface area contributed by atoms with Gasteiger partial charge in [0.1, 0.15) is 4.88 Å². The molecular weight excluding hydrogens is 312 g/mol. The van der Waals surface area contributed by atoms with Crippen LogP contribution in [0.5, 0.6) is 0 Å². The van der Waals surface area contributed by atoms with Crippen molar-refractivity contribution in [1.82, 2.24) is 4.98 Å². The highest BCUT2D eigenvalue weighted by Crippen LogP contribution is 2.25. The van der Waals surface area contributed by atoms with E-state index in [0.717, 1.165) is 4.47 Å². The number of amides is 1. The van der Waals surface area contributed by atoms with Gasteiger partial charge < -0.3 is 5.32 Å². The molecule has 0 radical (unpaired) electrons. The summed E-state index contributed by atoms with van der Waals surface area (Å²) < 4.78 is 0.796. The van der Waals surface area contributed by atoms with Gasteiger partial charge in [-0.25, -0.2) is 0 Å². The third-order valence-corrected chi connectivity index (χ3v) is 3.84. The molecule has 1 amide bonds. The molecule has 1 aromatic heterocycles. The van der Waals surface area contributed by atoms with E-state index in [-0.39, 0.29) is 5.91 Å². The van der Waals surface area contributed by atoms with Crippen molar-refractivity contribution < 1.29 is 4.79 Å². The lowest BCUT2D eigenvalue weighted by atomic mass is 10.3. The summed E-state index contributed by atoms with van der Waals surface area (Å²) in [7, 11) is 0. The van der Waals surface area contributed by atoms with Crippen LogP contribution in [-0.4, -0.2) is 10.9 Å². The molecule has 0 fully saturated rings. The number of hydrogen-bond acceptors (Lipinski definition) is 3. The van der Waals surface area contributed by atoms with Gasteiger partial charge in [-0.15, -0.1) is 11.3 Å². The van der Waals surface area contributed by atoms with Crippen LogP contribution >= 0.6 is 38.9 Å². The predicted molar refractivity (Wildman–Crippen MR) is 69.2 cm³/mol. The maximum absolute atomic E-state index is 11.7. The van der Waals surface area contributed by atoms with Crippen molar-refractivity contribution in [1.29, 1.82) is 0 Å². The maximum Gasteiger partial charge on any atom is 0.267 e. The van der Waals surface area contributed by atoms with Gasteiger partial charge in [-0.1, -0.05) is 11.6 Å². The lowest BCUT2D eigenvalue weighted by Gasteiger charge is -2.04. The highest BCUT2D eigenvalue weighted by molar-refractivity contribution is 9.10. The van der Waals surface area contributed by atoms with E-state index in [0.29, 0.717) is 15.6 Å². The van der Waals surface area contributed by atoms with Crippen molar-refractivity contribution in [3.63, 3.8) is 0 Å². The molecule has 0 saturated heterocycles. The van der Waals surface area contributed by atoms with E-state index >= 15 is 0 Å². The Hall–Kier alpha value is -0.910. The molecule has 0 aliphatic rings. The Labute approximate surface area is 110 Å². The number of hydrogen-bond donors (Lipinski definition) is 1. The van der Waals surface area contributed by atoms with Gasteiger partial charge in [0.15, 0.2) is 0 Å². The van der Waals surface area contributed by atoms with Gasteiger partial charge in [0, 0.05) is 10.2 Å². The number of halogens is 2. The quantitative estimate of drug-likeness (QED) is 0.915. The minimum Gasteiger partial charge on any atom is -0.321 e. The van der Waals surface area contributed by atoms with Gasteiger partial charge in [-0.3, -0.25) is 9.78 Å². The van der Waals surface area contributed by atoms with Gasteiger partial charge in [0.05, 0.1) is 16.7 Å². The van der Waals surface area contributed by atoms with Crippen molar-refractivity contribution in [3.05, 3.63) is 44.3 Å². The van der Waals surface area contributed by atoms with Crippen molar-refractivity contribution in [2.75, 3.05) is 5.32 Å². The number of aromatic nitrogens is 1. The first-order chi connectivity index (χ1) is 7.66. The van der Waals surface area contributed by atoms with Gasteiger partial charge in [-0.2, -0.15) is 0 Å². The average Bonchev–Trinajstić information content (AvgIpc) is 2.77. The van der Waals surface area contributed by atoms with Crippen molar-refractivity contribution in [2.45, 2.75) is 0 Å². The van der Waals surface area contributed by atoms with Gasteiger partial charge >= 0.3 is 0 Å². The Morgan fingerprint density at radius 3 is 2.94 bits per heavy atom. The second-order valence-corrected chi connectivity index (χ2v) is 5.10. The van der Waals surface area contributed by atoms with E-state index in [4.69, 9.17) is 11.6 Å². The Bertz CT molecular complexity index is 516. The molecule has 2 aromatic rings. The summed E-state index contributed by atoms with van der Waals surface area (Å²) in [4.78, 5) is 16.1. The minimum absolute atomic E-state index is 0.180. The molecule has 0 unspecified atom stereocenters. The molecule has 6 heteroatoms. The fourth-order valence-electron chi connectivity index (χ4n) is 1.09. The minimum atomic E-state index is -0.180. The summed E-state index contributed by atoms with van der Waals surface area (Å²) in [5, 5.41) is 3.30. The van der Waals surface area contributed by atoms with E-state index in [2.05, 4.69) is 26.2 Å². The number of thiazole rings is 1. The van der Waals surface area contributed by atoms with Crippen LogP contribution in [0.1, 0.15) is 9.67 Å². The lowest BCUT2D eigenvalue weighted by Crippen LogP contribution is -2.09. The first-order valence-corrected chi connectivity index (χ1v) is 6.37. The molecule has 1 aromatic carbocycles. The second kappa shape index (κ2) is 4.95. The van der Waals surface area contributed by atoms with E-state index in [9.17, 15) is 4.79 Å². The molecule has 2 rings (SSSR count). The van der Waals surface area contributed by atoms with Crippen LogP contribution in [0, 0.1) is 0 Å². The molecule has 0 aliphatic heterocycles. The predicted octanol–water partition coefficient (Wildman–Crippen LogP) is 3.81. The van der Waals surface area contributed by atoms with Crippen LogP contribution in [0.15, 0.2) is 34.4 Å². The monoisotopic (exact) mass is 316 g/mol. The Kier molecular flexibility index (Phi) is 3.58. The van der Waals surface area contributed by atoms with Crippen LogP contribution in [-0.2, 0) is 0 Å². The Morgan fingerprint density at radius 1 is 1.50 bits per heavy atom. The molecule has 3 nitrogen and oxygen atoms in total. The largest absolute Gasteiger partial charge is 0.321 e. The SMILES string of the molecule is O=C(Nc1ccc(Br)c(Cl)c1)c1cncs1. The molecule has 1 heterocycles. The smallest absolute Gasteiger partial charge is 0.267 e. The Balaban J connectivity index is 2.15. The molecule has 82 valence electrons. The molecule has 1 N–H and O–H groups in total. The first-order valence-electron chi connectivity index (χ1n) is 4.32.